The third kappa shape index (κ3) is 3.05. The average molecular weight is 537 g/mol. The Morgan fingerprint density at radius 1 is 0.973 bits per heavy atom. The Hall–Kier alpha value is -3.24. The quantitative estimate of drug-likeness (QED) is 0.488. The van der Waals surface area contributed by atoms with Gasteiger partial charge in [0.2, 0.25) is 17.6 Å². The number of aromatic nitrogens is 1. The lowest BCUT2D eigenvalue weighted by Gasteiger charge is -2.43. The number of thiazole rings is 1. The summed E-state index contributed by atoms with van der Waals surface area (Å²) in [6.45, 7) is 0. The predicted molar refractivity (Wildman–Crippen MR) is 139 cm³/mol. The fourth-order valence-corrected chi connectivity index (χ4v) is 10.2. The number of rotatable bonds is 4. The van der Waals surface area contributed by atoms with E-state index in [1.165, 1.54) is 30.5 Å². The summed E-state index contributed by atoms with van der Waals surface area (Å²) < 4.78 is 10.9. The van der Waals surface area contributed by atoms with Crippen molar-refractivity contribution in [1.29, 1.82) is 0 Å². The molecular formula is C27H24N2O6S2. The minimum Gasteiger partial charge on any atom is -0.502 e. The second-order valence-corrected chi connectivity index (χ2v) is 12.3. The van der Waals surface area contributed by atoms with Crippen LogP contribution in [0.3, 0.4) is 0 Å². The molecule has 1 aromatic heterocycles. The molecule has 2 saturated carbocycles. The number of carbonyl (C=O) groups excluding carboxylic acids is 2. The van der Waals surface area contributed by atoms with Gasteiger partial charge in [-0.25, -0.2) is 0 Å². The van der Waals surface area contributed by atoms with E-state index < -0.39 is 0 Å². The molecule has 2 aliphatic carbocycles. The highest BCUT2D eigenvalue weighted by Crippen LogP contribution is 2.69. The Labute approximate surface area is 220 Å². The van der Waals surface area contributed by atoms with Crippen LogP contribution < -0.4 is 19.2 Å². The Morgan fingerprint density at radius 2 is 1.62 bits per heavy atom. The molecule has 2 aliphatic heterocycles. The molecule has 2 bridgehead atoms. The van der Waals surface area contributed by atoms with E-state index in [-0.39, 0.29) is 74.7 Å². The van der Waals surface area contributed by atoms with Crippen LogP contribution in [0.1, 0.15) is 22.8 Å². The number of fused-ring (bicyclic) bond motifs is 9. The van der Waals surface area contributed by atoms with E-state index in [0.29, 0.717) is 5.69 Å². The fourth-order valence-electron chi connectivity index (χ4n) is 7.31. The van der Waals surface area contributed by atoms with Gasteiger partial charge in [0.05, 0.1) is 36.8 Å². The lowest BCUT2D eigenvalue weighted by molar-refractivity contribution is -0.123. The highest BCUT2D eigenvalue weighted by Gasteiger charge is 2.69. The van der Waals surface area contributed by atoms with Crippen LogP contribution in [0, 0.1) is 29.6 Å². The van der Waals surface area contributed by atoms with Crippen molar-refractivity contribution in [2.45, 2.75) is 22.6 Å². The number of hydrogen-bond donors (Lipinski definition) is 2. The number of amides is 2. The number of methoxy groups -OCH3 is 2. The van der Waals surface area contributed by atoms with Gasteiger partial charge in [0, 0.05) is 16.0 Å². The molecule has 3 heterocycles. The van der Waals surface area contributed by atoms with Crippen molar-refractivity contribution >= 4 is 40.6 Å². The van der Waals surface area contributed by atoms with Gasteiger partial charge < -0.3 is 19.6 Å². The topological polar surface area (TPSA) is 109 Å². The van der Waals surface area contributed by atoms with E-state index in [2.05, 4.69) is 4.98 Å². The number of thioether (sulfide) groups is 1. The van der Waals surface area contributed by atoms with Gasteiger partial charge >= 0.3 is 4.87 Å². The molecule has 8 nitrogen and oxygen atoms in total. The molecule has 1 saturated heterocycles. The van der Waals surface area contributed by atoms with Gasteiger partial charge in [-0.05, 0) is 54.0 Å². The number of ether oxygens (including phenoxy) is 2. The van der Waals surface area contributed by atoms with Gasteiger partial charge in [0.1, 0.15) is 0 Å². The van der Waals surface area contributed by atoms with Gasteiger partial charge in [-0.15, -0.1) is 11.8 Å². The number of phenolic OH excluding ortho intramolecular Hbond substituents is 1. The van der Waals surface area contributed by atoms with E-state index in [9.17, 15) is 19.5 Å². The SMILES string of the molecule is COc1cc(C2c3sc(=O)[nH]c3SC3C2[C@H]2C[C@@H]3C3C(=O)N(c4ccccc4)C(=O)C32)cc(OC)c1O. The third-order valence-electron chi connectivity index (χ3n) is 8.60. The van der Waals surface area contributed by atoms with E-state index in [0.717, 1.165) is 21.9 Å². The molecule has 4 aliphatic rings. The molecule has 2 N–H and O–H groups in total. The summed E-state index contributed by atoms with van der Waals surface area (Å²) in [7, 11) is 2.97. The maximum absolute atomic E-state index is 13.8. The van der Waals surface area contributed by atoms with Crippen molar-refractivity contribution in [3.8, 4) is 17.2 Å². The highest BCUT2D eigenvalue weighted by atomic mass is 32.2. The standard InChI is InChI=1S/C27H24N2O6S2/c1-34-15-8-11(9-16(35-2)21(15)30)17-18-13-10-14(22(18)36-24-23(17)37-27(33)28-24)20-19(13)25(31)29(26(20)32)12-6-4-3-5-7-12/h3-9,13-14,17-20,22,30H,10H2,1-2H3,(H,28,33)/t13-,14-,17?,18?,19?,20?,22?/m1/s1. The van der Waals surface area contributed by atoms with Crippen molar-refractivity contribution in [1.82, 2.24) is 4.98 Å². The molecule has 5 unspecified atom stereocenters. The molecular weight excluding hydrogens is 512 g/mol. The van der Waals surface area contributed by atoms with Crippen molar-refractivity contribution in [3.63, 3.8) is 0 Å². The normalized spacial score (nSPS) is 31.3. The van der Waals surface area contributed by atoms with Gasteiger partial charge in [0.15, 0.2) is 11.5 Å². The monoisotopic (exact) mass is 536 g/mol. The zero-order valence-electron chi connectivity index (χ0n) is 20.0. The lowest BCUT2D eigenvalue weighted by Crippen LogP contribution is -2.42. The van der Waals surface area contributed by atoms with Crippen molar-refractivity contribution in [2.24, 2.45) is 29.6 Å². The summed E-state index contributed by atoms with van der Waals surface area (Å²) in [5.41, 5.74) is 1.48. The molecule has 7 rings (SSSR count). The molecule has 2 amide bonds. The van der Waals surface area contributed by atoms with E-state index >= 15 is 0 Å². The summed E-state index contributed by atoms with van der Waals surface area (Å²) in [5.74, 6) is -0.571. The van der Waals surface area contributed by atoms with Crippen molar-refractivity contribution < 1.29 is 24.2 Å². The lowest BCUT2D eigenvalue weighted by atomic mass is 9.68. The summed E-state index contributed by atoms with van der Waals surface area (Å²) in [6.07, 6.45) is 0.805. The van der Waals surface area contributed by atoms with Crippen LogP contribution in [0.4, 0.5) is 5.69 Å². The highest BCUT2D eigenvalue weighted by molar-refractivity contribution is 8.00. The zero-order valence-corrected chi connectivity index (χ0v) is 21.7. The zero-order chi connectivity index (χ0) is 25.6. The Kier molecular flexibility index (Phi) is 5.04. The first-order chi connectivity index (χ1) is 17.9. The average Bonchev–Trinajstić information content (AvgIpc) is 3.63. The van der Waals surface area contributed by atoms with Crippen LogP contribution in [0.15, 0.2) is 52.3 Å². The van der Waals surface area contributed by atoms with Crippen LogP contribution in [-0.4, -0.2) is 41.4 Å². The number of carbonyl (C=O) groups is 2. The predicted octanol–water partition coefficient (Wildman–Crippen LogP) is 3.84. The van der Waals surface area contributed by atoms with Gasteiger partial charge in [-0.1, -0.05) is 29.5 Å². The molecule has 190 valence electrons. The summed E-state index contributed by atoms with van der Waals surface area (Å²) >= 11 is 2.83. The number of aromatic amines is 1. The third-order valence-corrected chi connectivity index (χ3v) is 11.2. The number of para-hydroxylation sites is 1. The largest absolute Gasteiger partial charge is 0.502 e. The van der Waals surface area contributed by atoms with Crippen molar-refractivity contribution in [3.05, 3.63) is 62.6 Å². The summed E-state index contributed by atoms with van der Waals surface area (Å²) in [4.78, 5) is 45.1. The molecule has 10 heteroatoms. The first-order valence-corrected chi connectivity index (χ1v) is 13.9. The first-order valence-electron chi connectivity index (χ1n) is 12.2. The van der Waals surface area contributed by atoms with E-state index in [4.69, 9.17) is 9.47 Å². The molecule has 3 aromatic rings. The van der Waals surface area contributed by atoms with Crippen molar-refractivity contribution in [2.75, 3.05) is 19.1 Å². The minimum absolute atomic E-state index is 0.00110. The van der Waals surface area contributed by atoms with E-state index in [1.807, 2.05) is 18.2 Å². The second kappa shape index (κ2) is 8.13. The summed E-state index contributed by atoms with van der Waals surface area (Å²) in [5, 5.41) is 11.4. The van der Waals surface area contributed by atoms with Crippen LogP contribution in [0.5, 0.6) is 17.2 Å². The van der Waals surface area contributed by atoms with E-state index in [1.54, 1.807) is 36.0 Å². The van der Waals surface area contributed by atoms with Crippen LogP contribution in [-0.2, 0) is 9.59 Å². The summed E-state index contributed by atoms with van der Waals surface area (Å²) in [6, 6.07) is 12.7. The maximum Gasteiger partial charge on any atom is 0.305 e. The number of phenols is 1. The Bertz CT molecular complexity index is 1480. The number of nitrogens with one attached hydrogen (secondary N) is 1. The van der Waals surface area contributed by atoms with Gasteiger partial charge in [-0.2, -0.15) is 0 Å². The van der Waals surface area contributed by atoms with Crippen LogP contribution in [0.2, 0.25) is 0 Å². The van der Waals surface area contributed by atoms with Crippen LogP contribution in [0.25, 0.3) is 0 Å². The molecule has 37 heavy (non-hydrogen) atoms. The molecule has 0 spiro atoms. The molecule has 7 atom stereocenters. The number of hydrogen-bond acceptors (Lipinski definition) is 8. The fraction of sp³-hybridized carbons (Fsp3) is 0.370. The number of imide groups is 1. The molecule has 0 radical (unpaired) electrons. The van der Waals surface area contributed by atoms with Gasteiger partial charge in [0.25, 0.3) is 0 Å². The number of nitrogens with zero attached hydrogens (tertiary/aromatic N) is 1. The Balaban J connectivity index is 1.36. The number of aromatic hydroxyl groups is 1. The van der Waals surface area contributed by atoms with Crippen LogP contribution >= 0.6 is 23.1 Å². The molecule has 3 fully saturated rings. The number of H-pyrrole nitrogens is 1. The Morgan fingerprint density at radius 3 is 2.27 bits per heavy atom. The molecule has 2 aromatic carbocycles. The van der Waals surface area contributed by atoms with Gasteiger partial charge in [-0.3, -0.25) is 19.3 Å². The first kappa shape index (κ1) is 22.9. The second-order valence-electron chi connectivity index (χ2n) is 10.1. The minimum atomic E-state index is -0.375. The number of benzene rings is 2. The maximum atomic E-state index is 13.8. The number of anilines is 1. The smallest absolute Gasteiger partial charge is 0.305 e.